The number of rotatable bonds is 10. The Bertz CT molecular complexity index is 3310. The zero-order valence-electron chi connectivity index (χ0n) is 35.3. The lowest BCUT2D eigenvalue weighted by molar-refractivity contribution is 0.637. The SMILES string of the molecule is CC(C)Cc1nc(-c2ccccc2)ccc1-c1ccc2ccc3c(-c4ccc(-c5ccccc5)nc4)cc(-c4ccc(N(c5ccccc5)c5cccnc5)cc4)c4ccc1c2c43. The molecule has 8 aromatic carbocycles. The van der Waals surface area contributed by atoms with E-state index < -0.39 is 0 Å². The molecular formula is C59H44N4. The molecule has 0 aliphatic rings. The molecule has 0 aliphatic carbocycles. The number of anilines is 3. The highest BCUT2D eigenvalue weighted by atomic mass is 15.1. The lowest BCUT2D eigenvalue weighted by Crippen LogP contribution is -2.09. The first-order valence-corrected chi connectivity index (χ1v) is 21.7. The molecular weight excluding hydrogens is 765 g/mol. The van der Waals surface area contributed by atoms with E-state index in [-0.39, 0.29) is 0 Å². The summed E-state index contributed by atoms with van der Waals surface area (Å²) in [6, 6.07) is 69.6. The molecule has 0 fully saturated rings. The molecule has 0 unspecified atom stereocenters. The number of nitrogens with zero attached hydrogens (tertiary/aromatic N) is 4. The van der Waals surface area contributed by atoms with Crippen molar-refractivity contribution in [1.29, 1.82) is 0 Å². The van der Waals surface area contributed by atoms with Crippen molar-refractivity contribution in [3.63, 3.8) is 0 Å². The summed E-state index contributed by atoms with van der Waals surface area (Å²) in [7, 11) is 0. The van der Waals surface area contributed by atoms with Crippen LogP contribution in [0.25, 0.3) is 88.2 Å². The van der Waals surface area contributed by atoms with Gasteiger partial charge in [-0.2, -0.15) is 0 Å². The summed E-state index contributed by atoms with van der Waals surface area (Å²) in [5, 5.41) is 7.41. The molecule has 0 aliphatic heterocycles. The van der Waals surface area contributed by atoms with Gasteiger partial charge in [-0.05, 0) is 122 Å². The van der Waals surface area contributed by atoms with Crippen LogP contribution in [0.4, 0.5) is 17.1 Å². The highest BCUT2D eigenvalue weighted by molar-refractivity contribution is 6.30. The average Bonchev–Trinajstić information content (AvgIpc) is 3.34. The van der Waals surface area contributed by atoms with E-state index in [0.717, 1.165) is 68.4 Å². The van der Waals surface area contributed by atoms with Crippen LogP contribution in [0.3, 0.4) is 0 Å². The number of aromatic nitrogens is 3. The average molecular weight is 809 g/mol. The first kappa shape index (κ1) is 38.0. The van der Waals surface area contributed by atoms with Gasteiger partial charge in [0.2, 0.25) is 0 Å². The second-order valence-corrected chi connectivity index (χ2v) is 16.7. The first-order chi connectivity index (χ1) is 31.1. The Morgan fingerprint density at radius 1 is 0.429 bits per heavy atom. The van der Waals surface area contributed by atoms with E-state index in [4.69, 9.17) is 9.97 Å². The number of pyridine rings is 3. The number of hydrogen-bond donors (Lipinski definition) is 0. The molecule has 0 bridgehead atoms. The second-order valence-electron chi connectivity index (χ2n) is 16.7. The summed E-state index contributed by atoms with van der Waals surface area (Å²) in [6.45, 7) is 4.55. The third-order valence-electron chi connectivity index (χ3n) is 12.2. The molecule has 4 nitrogen and oxygen atoms in total. The maximum absolute atomic E-state index is 5.35. The Hall–Kier alpha value is -7.95. The summed E-state index contributed by atoms with van der Waals surface area (Å²) < 4.78 is 0. The molecule has 63 heavy (non-hydrogen) atoms. The first-order valence-electron chi connectivity index (χ1n) is 21.7. The molecule has 0 N–H and O–H groups in total. The van der Waals surface area contributed by atoms with Crippen LogP contribution in [0.15, 0.2) is 213 Å². The predicted molar refractivity (Wildman–Crippen MR) is 264 cm³/mol. The Labute approximate surface area is 368 Å². The molecule has 0 spiro atoms. The van der Waals surface area contributed by atoms with Crippen LogP contribution in [0.5, 0.6) is 0 Å². The van der Waals surface area contributed by atoms with Gasteiger partial charge in [0.15, 0.2) is 0 Å². The van der Waals surface area contributed by atoms with Gasteiger partial charge in [0, 0.05) is 51.7 Å². The summed E-state index contributed by atoms with van der Waals surface area (Å²) >= 11 is 0. The molecule has 0 amide bonds. The van der Waals surface area contributed by atoms with E-state index in [0.29, 0.717) is 5.92 Å². The van der Waals surface area contributed by atoms with E-state index >= 15 is 0 Å². The number of benzene rings is 8. The zero-order chi connectivity index (χ0) is 42.3. The van der Waals surface area contributed by atoms with Crippen LogP contribution >= 0.6 is 0 Å². The second kappa shape index (κ2) is 16.2. The van der Waals surface area contributed by atoms with E-state index in [9.17, 15) is 0 Å². The Morgan fingerprint density at radius 3 is 1.67 bits per heavy atom. The smallest absolute Gasteiger partial charge is 0.0705 e. The van der Waals surface area contributed by atoms with Crippen LogP contribution in [-0.2, 0) is 6.42 Å². The van der Waals surface area contributed by atoms with Gasteiger partial charge in [0.25, 0.3) is 0 Å². The van der Waals surface area contributed by atoms with Crippen LogP contribution in [0, 0.1) is 5.92 Å². The molecule has 0 atom stereocenters. The van der Waals surface area contributed by atoms with Gasteiger partial charge in [-0.1, -0.05) is 153 Å². The minimum atomic E-state index is 0.449. The van der Waals surface area contributed by atoms with Gasteiger partial charge in [-0.3, -0.25) is 15.0 Å². The van der Waals surface area contributed by atoms with Crippen molar-refractivity contribution in [2.75, 3.05) is 4.90 Å². The summed E-state index contributed by atoms with van der Waals surface area (Å²) in [5.41, 5.74) is 15.4. The standard InChI is InChI=1S/C59H44N4/c1-39(2)35-57-49(31-33-56(62-57)42-15-8-4-9-16-42)48-27-22-43-23-28-51-54(44-24-32-55(61-37-44)41-13-6-3-7-14-41)36-53(52-30-29-50(48)58(43)59(51)52)40-20-25-46(26-21-40)63(45-17-10-5-11-18-45)47-19-12-34-60-38-47/h3-34,36-39H,35H2,1-2H3. The van der Waals surface area contributed by atoms with Crippen LogP contribution < -0.4 is 4.90 Å². The fraction of sp³-hybridized carbons (Fsp3) is 0.0678. The third kappa shape index (κ3) is 7.06. The van der Waals surface area contributed by atoms with Crippen molar-refractivity contribution in [2.45, 2.75) is 20.3 Å². The molecule has 0 radical (unpaired) electrons. The van der Waals surface area contributed by atoms with Gasteiger partial charge in [0.05, 0.1) is 23.3 Å². The summed E-state index contributed by atoms with van der Waals surface area (Å²) in [5.74, 6) is 0.449. The maximum atomic E-state index is 5.35. The topological polar surface area (TPSA) is 41.9 Å². The van der Waals surface area contributed by atoms with Crippen LogP contribution in [0.2, 0.25) is 0 Å². The highest BCUT2D eigenvalue weighted by Gasteiger charge is 2.21. The third-order valence-corrected chi connectivity index (χ3v) is 12.2. The van der Waals surface area contributed by atoms with Crippen molar-refractivity contribution in [1.82, 2.24) is 15.0 Å². The van der Waals surface area contributed by atoms with Gasteiger partial charge in [0.1, 0.15) is 0 Å². The predicted octanol–water partition coefficient (Wildman–Crippen LogP) is 15.8. The van der Waals surface area contributed by atoms with Crippen molar-refractivity contribution in [2.24, 2.45) is 5.92 Å². The fourth-order valence-electron chi connectivity index (χ4n) is 9.30. The Balaban J connectivity index is 1.12. The van der Waals surface area contributed by atoms with E-state index in [1.165, 1.54) is 49.0 Å². The van der Waals surface area contributed by atoms with Crippen molar-refractivity contribution < 1.29 is 0 Å². The lowest BCUT2D eigenvalue weighted by Gasteiger charge is -2.25. The Kier molecular flexibility index (Phi) is 9.74. The normalized spacial score (nSPS) is 11.5. The van der Waals surface area contributed by atoms with Crippen molar-refractivity contribution in [3.8, 4) is 55.9 Å². The maximum Gasteiger partial charge on any atom is 0.0705 e. The van der Waals surface area contributed by atoms with Gasteiger partial charge in [-0.15, -0.1) is 0 Å². The zero-order valence-corrected chi connectivity index (χ0v) is 35.3. The van der Waals surface area contributed by atoms with Gasteiger partial charge >= 0.3 is 0 Å². The molecule has 300 valence electrons. The molecule has 4 heteroatoms. The van der Waals surface area contributed by atoms with E-state index in [1.807, 2.05) is 30.7 Å². The summed E-state index contributed by atoms with van der Waals surface area (Å²) in [4.78, 5) is 17.1. The number of hydrogen-bond acceptors (Lipinski definition) is 4. The monoisotopic (exact) mass is 808 g/mol. The van der Waals surface area contributed by atoms with Crippen molar-refractivity contribution >= 4 is 49.4 Å². The fourth-order valence-corrected chi connectivity index (χ4v) is 9.30. The minimum Gasteiger partial charge on any atom is -0.309 e. The molecule has 3 aromatic heterocycles. The number of para-hydroxylation sites is 1. The highest BCUT2D eigenvalue weighted by Crippen LogP contribution is 2.47. The van der Waals surface area contributed by atoms with Crippen molar-refractivity contribution in [3.05, 3.63) is 218 Å². The molecule has 0 saturated heterocycles. The van der Waals surface area contributed by atoms with E-state index in [1.54, 1.807) is 0 Å². The molecule has 3 heterocycles. The van der Waals surface area contributed by atoms with Gasteiger partial charge in [-0.25, -0.2) is 0 Å². The minimum absolute atomic E-state index is 0.449. The molecule has 11 aromatic rings. The molecule has 0 saturated carbocycles. The molecule has 11 rings (SSSR count). The van der Waals surface area contributed by atoms with E-state index in [2.05, 4.69) is 206 Å². The van der Waals surface area contributed by atoms with Crippen LogP contribution in [0.1, 0.15) is 19.5 Å². The lowest BCUT2D eigenvalue weighted by atomic mass is 9.83. The van der Waals surface area contributed by atoms with Gasteiger partial charge < -0.3 is 4.90 Å². The Morgan fingerprint density at radius 2 is 1.00 bits per heavy atom. The van der Waals surface area contributed by atoms with Crippen LogP contribution in [-0.4, -0.2) is 15.0 Å². The largest absolute Gasteiger partial charge is 0.309 e. The summed E-state index contributed by atoms with van der Waals surface area (Å²) in [6.07, 6.45) is 6.66. The quantitative estimate of drug-likeness (QED) is 0.129.